The average molecular weight is 700 g/mol. The van der Waals surface area contributed by atoms with Crippen LogP contribution < -0.4 is 24.2 Å². The standard InChI is InChI=1S/C32H37ClF3N3O7S/c1-18(40)15-45-23-12-9-20(13-24(23)44-6)28(41)37-16-31(42,32(34,35)36)25-14-22-27(26(38-25)19-7-10-21(33)11-8-19)46-17-30(22,5)39-47(43)29(2,3)4/h7-14,18,39-40,42H,15-17H2,1-6H3,(H,37,41)/t18-,30?,31?,47?/m1/s1. The molecule has 0 saturated carbocycles. The summed E-state index contributed by atoms with van der Waals surface area (Å²) in [6, 6.07) is 11.2. The number of ether oxygens (including phenoxy) is 3. The summed E-state index contributed by atoms with van der Waals surface area (Å²) in [5.41, 5.74) is -5.26. The van der Waals surface area contributed by atoms with Crippen LogP contribution in [0, 0.1) is 0 Å². The van der Waals surface area contributed by atoms with Crippen LogP contribution in [-0.2, 0) is 22.1 Å². The lowest BCUT2D eigenvalue weighted by molar-refractivity contribution is -0.265. The lowest BCUT2D eigenvalue weighted by Gasteiger charge is -2.32. The molecule has 4 atom stereocenters. The van der Waals surface area contributed by atoms with Gasteiger partial charge in [-0.05, 0) is 71.0 Å². The minimum absolute atomic E-state index is 0.00671. The normalized spacial score (nSPS) is 18.8. The molecule has 0 bridgehead atoms. The lowest BCUT2D eigenvalue weighted by Crippen LogP contribution is -2.52. The third-order valence-electron chi connectivity index (χ3n) is 7.37. The number of pyridine rings is 1. The van der Waals surface area contributed by atoms with E-state index in [0.29, 0.717) is 10.6 Å². The quantitative estimate of drug-likeness (QED) is 0.219. The number of aliphatic hydroxyl groups excluding tert-OH is 1. The molecule has 0 aliphatic carbocycles. The summed E-state index contributed by atoms with van der Waals surface area (Å²) in [6.07, 6.45) is -6.09. The van der Waals surface area contributed by atoms with Crippen molar-refractivity contribution in [3.05, 3.63) is 70.4 Å². The highest BCUT2D eigenvalue weighted by molar-refractivity contribution is 7.84. The van der Waals surface area contributed by atoms with Gasteiger partial charge in [0.05, 0.1) is 46.7 Å². The lowest BCUT2D eigenvalue weighted by atomic mass is 9.89. The number of nitrogens with one attached hydrogen (secondary N) is 2. The molecule has 0 spiro atoms. The third-order valence-corrected chi connectivity index (χ3v) is 9.37. The van der Waals surface area contributed by atoms with Crippen LogP contribution in [0.25, 0.3) is 11.3 Å². The Balaban J connectivity index is 1.77. The van der Waals surface area contributed by atoms with Crippen molar-refractivity contribution in [1.82, 2.24) is 15.0 Å². The maximum atomic E-state index is 14.9. The van der Waals surface area contributed by atoms with Crippen LogP contribution in [0.3, 0.4) is 0 Å². The largest absolute Gasteiger partial charge is 0.493 e. The molecule has 15 heteroatoms. The Morgan fingerprint density at radius 2 is 1.81 bits per heavy atom. The Labute approximate surface area is 278 Å². The topological polar surface area (TPSA) is 139 Å². The first-order valence-electron chi connectivity index (χ1n) is 14.5. The van der Waals surface area contributed by atoms with Crippen molar-refractivity contribution in [2.45, 2.75) is 62.8 Å². The van der Waals surface area contributed by atoms with Gasteiger partial charge in [0.1, 0.15) is 18.9 Å². The van der Waals surface area contributed by atoms with Crippen LogP contribution in [0.2, 0.25) is 5.02 Å². The van der Waals surface area contributed by atoms with Crippen molar-refractivity contribution in [3.8, 4) is 28.5 Å². The highest BCUT2D eigenvalue weighted by Crippen LogP contribution is 2.47. The molecular formula is C32H37ClF3N3O7S. The molecule has 47 heavy (non-hydrogen) atoms. The van der Waals surface area contributed by atoms with E-state index in [4.69, 9.17) is 25.8 Å². The molecule has 1 aromatic heterocycles. The zero-order valence-electron chi connectivity index (χ0n) is 26.6. The van der Waals surface area contributed by atoms with E-state index < -0.39 is 57.3 Å². The van der Waals surface area contributed by atoms with Gasteiger partial charge in [0.15, 0.2) is 17.2 Å². The molecule has 0 fully saturated rings. The molecule has 3 unspecified atom stereocenters. The van der Waals surface area contributed by atoms with Gasteiger partial charge >= 0.3 is 6.18 Å². The molecule has 2 heterocycles. The van der Waals surface area contributed by atoms with Crippen molar-refractivity contribution in [3.63, 3.8) is 0 Å². The number of hydrogen-bond donors (Lipinski definition) is 4. The second-order valence-electron chi connectivity index (χ2n) is 12.4. The van der Waals surface area contributed by atoms with Crippen molar-refractivity contribution < 1.29 is 46.6 Å². The summed E-state index contributed by atoms with van der Waals surface area (Å²) in [7, 11) is -0.338. The van der Waals surface area contributed by atoms with Crippen molar-refractivity contribution in [2.75, 3.05) is 26.9 Å². The minimum Gasteiger partial charge on any atom is -0.493 e. The van der Waals surface area contributed by atoms with Gasteiger partial charge in [0.2, 0.25) is 5.60 Å². The Bertz CT molecular complexity index is 1650. The zero-order chi connectivity index (χ0) is 34.9. The number of halogens is 4. The van der Waals surface area contributed by atoms with Gasteiger partial charge in [0.25, 0.3) is 5.91 Å². The number of nitrogens with zero attached hydrogens (tertiary/aromatic N) is 1. The summed E-state index contributed by atoms with van der Waals surface area (Å²) in [4.78, 5) is 17.3. The zero-order valence-corrected chi connectivity index (χ0v) is 28.2. The molecule has 10 nitrogen and oxygen atoms in total. The van der Waals surface area contributed by atoms with E-state index in [1.165, 1.54) is 44.4 Å². The fourth-order valence-electron chi connectivity index (χ4n) is 4.63. The number of carbonyl (C=O) groups is 1. The number of aromatic nitrogens is 1. The van der Waals surface area contributed by atoms with Gasteiger partial charge in [0, 0.05) is 21.7 Å². The molecule has 2 aromatic carbocycles. The van der Waals surface area contributed by atoms with Gasteiger partial charge < -0.3 is 29.7 Å². The van der Waals surface area contributed by atoms with Crippen molar-refractivity contribution in [2.24, 2.45) is 0 Å². The predicted octanol–water partition coefficient (Wildman–Crippen LogP) is 5.01. The monoisotopic (exact) mass is 699 g/mol. The SMILES string of the molecule is COc1cc(C(=O)NCC(O)(c2cc3c(c(-c4ccc(Cl)cc4)n2)OCC3(C)NS(=O)C(C)(C)C)C(F)(F)F)ccc1OC[C@@H](C)O. The fourth-order valence-corrected chi connectivity index (χ4v) is 5.64. The molecule has 4 rings (SSSR count). The first kappa shape index (κ1) is 36.4. The van der Waals surface area contributed by atoms with Gasteiger partial charge in [-0.25, -0.2) is 13.9 Å². The van der Waals surface area contributed by atoms with E-state index >= 15 is 0 Å². The average Bonchev–Trinajstić information content (AvgIpc) is 3.33. The predicted molar refractivity (Wildman–Crippen MR) is 171 cm³/mol. The third kappa shape index (κ3) is 7.83. The number of amides is 1. The van der Waals surface area contributed by atoms with Gasteiger partial charge in [-0.3, -0.25) is 4.79 Å². The molecule has 3 aromatic rings. The highest BCUT2D eigenvalue weighted by Gasteiger charge is 2.57. The summed E-state index contributed by atoms with van der Waals surface area (Å²) in [6.45, 7) is 6.92. The smallest absolute Gasteiger partial charge is 0.424 e. The number of hydrogen-bond acceptors (Lipinski definition) is 8. The van der Waals surface area contributed by atoms with Crippen LogP contribution >= 0.6 is 11.6 Å². The number of methoxy groups -OCH3 is 1. The maximum Gasteiger partial charge on any atom is 0.424 e. The Morgan fingerprint density at radius 3 is 2.38 bits per heavy atom. The molecule has 256 valence electrons. The second kappa shape index (κ2) is 13.6. The second-order valence-corrected chi connectivity index (χ2v) is 14.8. The van der Waals surface area contributed by atoms with Crippen molar-refractivity contribution in [1.29, 1.82) is 0 Å². The summed E-state index contributed by atoms with van der Waals surface area (Å²) in [5, 5.41) is 23.4. The fraction of sp³-hybridized carbons (Fsp3) is 0.438. The summed E-state index contributed by atoms with van der Waals surface area (Å²) >= 11 is 6.05. The minimum atomic E-state index is -5.31. The number of alkyl halides is 3. The number of aliphatic hydroxyl groups is 2. The molecule has 0 saturated heterocycles. The highest BCUT2D eigenvalue weighted by atomic mass is 35.5. The van der Waals surface area contributed by atoms with Gasteiger partial charge in [-0.15, -0.1) is 0 Å². The first-order valence-corrected chi connectivity index (χ1v) is 16.0. The molecule has 1 aliphatic rings. The molecule has 0 radical (unpaired) electrons. The van der Waals surface area contributed by atoms with Gasteiger partial charge in [-0.1, -0.05) is 23.7 Å². The summed E-state index contributed by atoms with van der Waals surface area (Å²) < 4.78 is 76.6. The maximum absolute atomic E-state index is 14.9. The van der Waals surface area contributed by atoms with E-state index in [-0.39, 0.29) is 47.3 Å². The van der Waals surface area contributed by atoms with Crippen LogP contribution in [0.15, 0.2) is 48.5 Å². The van der Waals surface area contributed by atoms with E-state index in [0.717, 1.165) is 6.07 Å². The van der Waals surface area contributed by atoms with E-state index in [2.05, 4.69) is 15.0 Å². The number of carbonyl (C=O) groups excluding carboxylic acids is 1. The molecule has 1 aliphatic heterocycles. The summed E-state index contributed by atoms with van der Waals surface area (Å²) in [5.74, 6) is -0.477. The van der Waals surface area contributed by atoms with Crippen LogP contribution in [0.4, 0.5) is 13.2 Å². The number of benzene rings is 2. The number of fused-ring (bicyclic) bond motifs is 1. The molecule has 4 N–H and O–H groups in total. The van der Waals surface area contributed by atoms with Gasteiger partial charge in [-0.2, -0.15) is 13.2 Å². The number of rotatable bonds is 11. The van der Waals surface area contributed by atoms with E-state index in [9.17, 15) is 32.4 Å². The van der Waals surface area contributed by atoms with Crippen LogP contribution in [0.1, 0.15) is 56.2 Å². The van der Waals surface area contributed by atoms with Crippen LogP contribution in [0.5, 0.6) is 17.2 Å². The Kier molecular flexibility index (Phi) is 10.5. The van der Waals surface area contributed by atoms with E-state index in [1.807, 2.05) is 0 Å². The molecular weight excluding hydrogens is 663 g/mol. The Morgan fingerprint density at radius 1 is 1.15 bits per heavy atom. The first-order chi connectivity index (χ1) is 21.8. The molecule has 1 amide bonds. The van der Waals surface area contributed by atoms with E-state index in [1.54, 1.807) is 39.8 Å². The van der Waals surface area contributed by atoms with Crippen LogP contribution in [-0.4, -0.2) is 69.2 Å². The van der Waals surface area contributed by atoms with Crippen molar-refractivity contribution >= 4 is 28.5 Å². The Hall–Kier alpha value is -3.43.